The number of aliphatic hydroxyl groups is 1. The van der Waals surface area contributed by atoms with Gasteiger partial charge in [-0.05, 0) is 36.0 Å². The molecule has 4 nitrogen and oxygen atoms in total. The number of nitrogens with zero attached hydrogens (tertiary/aromatic N) is 1. The van der Waals surface area contributed by atoms with Gasteiger partial charge in [0.1, 0.15) is 5.69 Å². The molecular weight excluding hydrogens is 206 g/mol. The van der Waals surface area contributed by atoms with Crippen LogP contribution in [0.5, 0.6) is 0 Å². The molecular formula is C12H15NO3. The van der Waals surface area contributed by atoms with Crippen molar-refractivity contribution in [2.24, 2.45) is 0 Å². The van der Waals surface area contributed by atoms with E-state index >= 15 is 0 Å². The van der Waals surface area contributed by atoms with Crippen molar-refractivity contribution in [3.8, 4) is 0 Å². The average molecular weight is 221 g/mol. The smallest absolute Gasteiger partial charge is 0.356 e. The zero-order valence-corrected chi connectivity index (χ0v) is 9.49. The van der Waals surface area contributed by atoms with Gasteiger partial charge in [-0.1, -0.05) is 6.92 Å². The van der Waals surface area contributed by atoms with Gasteiger partial charge in [0.25, 0.3) is 0 Å². The maximum Gasteiger partial charge on any atom is 0.356 e. The molecule has 1 aromatic heterocycles. The Balaban J connectivity index is 2.52. The first-order valence-corrected chi connectivity index (χ1v) is 5.39. The summed E-state index contributed by atoms with van der Waals surface area (Å²) in [7, 11) is 1.33. The van der Waals surface area contributed by atoms with Crippen molar-refractivity contribution in [2.45, 2.75) is 32.3 Å². The van der Waals surface area contributed by atoms with Crippen LogP contribution >= 0.6 is 0 Å². The Morgan fingerprint density at radius 1 is 1.69 bits per heavy atom. The van der Waals surface area contributed by atoms with E-state index in [9.17, 15) is 9.90 Å². The number of aromatic nitrogens is 1. The third-order valence-corrected chi connectivity index (χ3v) is 3.11. The van der Waals surface area contributed by atoms with Gasteiger partial charge in [0.05, 0.1) is 13.7 Å². The highest BCUT2D eigenvalue weighted by atomic mass is 16.5. The van der Waals surface area contributed by atoms with Crippen LogP contribution in [0, 0.1) is 0 Å². The van der Waals surface area contributed by atoms with Gasteiger partial charge in [0.15, 0.2) is 0 Å². The van der Waals surface area contributed by atoms with E-state index in [-0.39, 0.29) is 6.61 Å². The number of carbonyl (C=O) groups excluding carboxylic acids is 1. The predicted molar refractivity (Wildman–Crippen MR) is 58.2 cm³/mol. The van der Waals surface area contributed by atoms with Crippen LogP contribution in [0.4, 0.5) is 0 Å². The van der Waals surface area contributed by atoms with E-state index in [0.29, 0.717) is 11.6 Å². The molecule has 16 heavy (non-hydrogen) atoms. The van der Waals surface area contributed by atoms with Crippen LogP contribution in [0.1, 0.15) is 46.6 Å². The highest BCUT2D eigenvalue weighted by Crippen LogP contribution is 2.33. The summed E-state index contributed by atoms with van der Waals surface area (Å²) < 4.78 is 4.65. The highest BCUT2D eigenvalue weighted by Gasteiger charge is 2.25. The molecule has 1 heterocycles. The Bertz CT molecular complexity index is 429. The number of hydrogen-bond donors (Lipinski definition) is 1. The number of ether oxygens (including phenoxy) is 1. The Morgan fingerprint density at radius 2 is 2.44 bits per heavy atom. The van der Waals surface area contributed by atoms with E-state index in [1.54, 1.807) is 6.07 Å². The molecule has 86 valence electrons. The van der Waals surface area contributed by atoms with Crippen LogP contribution in [0.25, 0.3) is 0 Å². The molecule has 1 unspecified atom stereocenters. The van der Waals surface area contributed by atoms with E-state index in [2.05, 4.69) is 16.6 Å². The fraction of sp³-hybridized carbons (Fsp3) is 0.500. The van der Waals surface area contributed by atoms with Crippen LogP contribution in [-0.2, 0) is 17.8 Å². The van der Waals surface area contributed by atoms with Gasteiger partial charge in [-0.25, -0.2) is 9.78 Å². The average Bonchev–Trinajstić information content (AvgIpc) is 2.69. The Labute approximate surface area is 94.3 Å². The van der Waals surface area contributed by atoms with Crippen LogP contribution < -0.4 is 0 Å². The molecule has 0 bridgehead atoms. The van der Waals surface area contributed by atoms with Crippen LogP contribution in [0.2, 0.25) is 0 Å². The molecule has 1 aromatic rings. The number of esters is 1. The summed E-state index contributed by atoms with van der Waals surface area (Å²) in [5.41, 5.74) is 3.13. The second-order valence-corrected chi connectivity index (χ2v) is 4.12. The van der Waals surface area contributed by atoms with Crippen LogP contribution in [-0.4, -0.2) is 23.2 Å². The van der Waals surface area contributed by atoms with E-state index in [1.165, 1.54) is 7.11 Å². The predicted octanol–water partition coefficient (Wildman–Crippen LogP) is 1.41. The molecule has 0 spiro atoms. The van der Waals surface area contributed by atoms with E-state index in [1.807, 2.05) is 0 Å². The van der Waals surface area contributed by atoms with E-state index < -0.39 is 5.97 Å². The molecule has 2 rings (SSSR count). The Hall–Kier alpha value is -1.42. The van der Waals surface area contributed by atoms with E-state index in [0.717, 1.165) is 29.7 Å². The minimum absolute atomic E-state index is 0.0540. The molecule has 0 fully saturated rings. The van der Waals surface area contributed by atoms with Gasteiger partial charge in [-0.2, -0.15) is 0 Å². The zero-order chi connectivity index (χ0) is 11.7. The van der Waals surface area contributed by atoms with Crippen molar-refractivity contribution in [2.75, 3.05) is 7.11 Å². The minimum Gasteiger partial charge on any atom is -0.464 e. The number of fused-ring (bicyclic) bond motifs is 1. The van der Waals surface area contributed by atoms with Crippen molar-refractivity contribution < 1.29 is 14.6 Å². The minimum atomic E-state index is -0.448. The molecule has 1 aliphatic rings. The number of hydrogen-bond acceptors (Lipinski definition) is 4. The fourth-order valence-corrected chi connectivity index (χ4v) is 2.19. The van der Waals surface area contributed by atoms with Gasteiger partial charge >= 0.3 is 5.97 Å². The Kier molecular flexibility index (Phi) is 2.92. The third-order valence-electron chi connectivity index (χ3n) is 3.11. The fourth-order valence-electron chi connectivity index (χ4n) is 2.19. The quantitative estimate of drug-likeness (QED) is 0.767. The second kappa shape index (κ2) is 4.22. The first-order valence-electron chi connectivity index (χ1n) is 5.39. The summed E-state index contributed by atoms with van der Waals surface area (Å²) in [5, 5.41) is 9.29. The van der Waals surface area contributed by atoms with Gasteiger partial charge in [0, 0.05) is 5.69 Å². The normalized spacial score (nSPS) is 18.3. The molecule has 0 aromatic carbocycles. The monoisotopic (exact) mass is 221 g/mol. The summed E-state index contributed by atoms with van der Waals surface area (Å²) >= 11 is 0. The molecule has 1 aliphatic carbocycles. The van der Waals surface area contributed by atoms with Crippen molar-refractivity contribution in [3.05, 3.63) is 28.6 Å². The molecule has 0 saturated heterocycles. The molecule has 0 radical (unpaired) electrons. The van der Waals surface area contributed by atoms with Crippen molar-refractivity contribution in [1.82, 2.24) is 4.98 Å². The maximum atomic E-state index is 11.4. The third kappa shape index (κ3) is 1.69. The van der Waals surface area contributed by atoms with Crippen LogP contribution in [0.3, 0.4) is 0 Å². The lowest BCUT2D eigenvalue weighted by molar-refractivity contribution is 0.0593. The molecule has 4 heteroatoms. The summed E-state index contributed by atoms with van der Waals surface area (Å²) in [6, 6.07) is 1.63. The molecule has 0 amide bonds. The largest absolute Gasteiger partial charge is 0.464 e. The number of carbonyl (C=O) groups is 1. The molecule has 0 aliphatic heterocycles. The highest BCUT2D eigenvalue weighted by molar-refractivity contribution is 5.87. The molecule has 1 N–H and O–H groups in total. The zero-order valence-electron chi connectivity index (χ0n) is 9.49. The SMILES string of the molecule is COC(=O)c1cc(CO)c2c(n1)C(C)CC2. The standard InChI is InChI=1S/C12H15NO3/c1-7-3-4-9-8(6-14)5-10(12(15)16-2)13-11(7)9/h5,7,14H,3-4,6H2,1-2H3. The molecule has 0 saturated carbocycles. The number of rotatable bonds is 2. The van der Waals surface area contributed by atoms with Gasteiger partial charge in [0.2, 0.25) is 0 Å². The Morgan fingerprint density at radius 3 is 3.06 bits per heavy atom. The second-order valence-electron chi connectivity index (χ2n) is 4.12. The van der Waals surface area contributed by atoms with Gasteiger partial charge < -0.3 is 9.84 Å². The summed E-state index contributed by atoms with van der Waals surface area (Å²) in [5.74, 6) is -0.0958. The lowest BCUT2D eigenvalue weighted by atomic mass is 10.1. The maximum absolute atomic E-state index is 11.4. The number of methoxy groups -OCH3 is 1. The first kappa shape index (κ1) is 11.1. The first-order chi connectivity index (χ1) is 7.67. The van der Waals surface area contributed by atoms with Gasteiger partial charge in [-0.3, -0.25) is 0 Å². The number of aliphatic hydroxyl groups excluding tert-OH is 1. The lowest BCUT2D eigenvalue weighted by Crippen LogP contribution is -2.09. The van der Waals surface area contributed by atoms with Crippen molar-refractivity contribution in [1.29, 1.82) is 0 Å². The van der Waals surface area contributed by atoms with E-state index in [4.69, 9.17) is 0 Å². The molecule has 1 atom stereocenters. The topological polar surface area (TPSA) is 59.4 Å². The summed E-state index contributed by atoms with van der Waals surface area (Å²) in [4.78, 5) is 15.7. The summed E-state index contributed by atoms with van der Waals surface area (Å²) in [6.45, 7) is 2.03. The lowest BCUT2D eigenvalue weighted by Gasteiger charge is -2.09. The summed E-state index contributed by atoms with van der Waals surface area (Å²) in [6.07, 6.45) is 1.96. The number of pyridine rings is 1. The van der Waals surface area contributed by atoms with Crippen LogP contribution in [0.15, 0.2) is 6.07 Å². The van der Waals surface area contributed by atoms with Gasteiger partial charge in [-0.15, -0.1) is 0 Å². The van der Waals surface area contributed by atoms with Crippen molar-refractivity contribution in [3.63, 3.8) is 0 Å². The van der Waals surface area contributed by atoms with Crippen molar-refractivity contribution >= 4 is 5.97 Å².